The van der Waals surface area contributed by atoms with Crippen LogP contribution in [0.3, 0.4) is 0 Å². The number of allylic oxidation sites excluding steroid dienone is 1. The molecule has 114 valence electrons. The molecule has 0 saturated carbocycles. The smallest absolute Gasteiger partial charge is 0.319 e. The van der Waals surface area contributed by atoms with Gasteiger partial charge in [-0.2, -0.15) is 0 Å². The molecule has 0 spiro atoms. The van der Waals surface area contributed by atoms with Crippen LogP contribution in [-0.2, 0) is 14.0 Å². The number of carbonyl (C=O) groups excluding carboxylic acids is 1. The van der Waals surface area contributed by atoms with E-state index in [1.165, 1.54) is 7.11 Å². The third-order valence-corrected chi connectivity index (χ3v) is 8.88. The minimum atomic E-state index is -1.75. The Kier molecular flexibility index (Phi) is 5.03. The van der Waals surface area contributed by atoms with Crippen molar-refractivity contribution in [2.75, 3.05) is 13.7 Å². The summed E-state index contributed by atoms with van der Waals surface area (Å²) < 4.78 is 11.1. The topological polar surface area (TPSA) is 35.5 Å². The quantitative estimate of drug-likeness (QED) is 0.445. The number of rotatable bonds is 4. The zero-order valence-corrected chi connectivity index (χ0v) is 14.9. The predicted octanol–water partition coefficient (Wildman–Crippen LogP) is 4.07. The van der Waals surface area contributed by atoms with Gasteiger partial charge in [0.05, 0.1) is 13.7 Å². The highest BCUT2D eigenvalue weighted by molar-refractivity contribution is 6.74. The third kappa shape index (κ3) is 3.82. The molecule has 0 aromatic carbocycles. The third-order valence-electron chi connectivity index (χ3n) is 4.40. The first-order valence-corrected chi connectivity index (χ1v) is 10.0. The van der Waals surface area contributed by atoms with E-state index >= 15 is 0 Å². The SMILES string of the molecule is COC(=O)C1(C)C=CCC(CO[Si](C)(C)C(C)(C)C)=C1. The lowest BCUT2D eigenvalue weighted by Gasteiger charge is -2.37. The molecule has 0 bridgehead atoms. The molecule has 0 saturated heterocycles. The fourth-order valence-corrected chi connectivity index (χ4v) is 2.90. The van der Waals surface area contributed by atoms with Gasteiger partial charge in [-0.1, -0.05) is 39.0 Å². The zero-order chi connectivity index (χ0) is 15.6. The van der Waals surface area contributed by atoms with Crippen LogP contribution in [0.5, 0.6) is 0 Å². The van der Waals surface area contributed by atoms with E-state index in [0.29, 0.717) is 6.61 Å². The summed E-state index contributed by atoms with van der Waals surface area (Å²) in [6, 6.07) is 0. The molecule has 0 amide bonds. The van der Waals surface area contributed by atoms with Crippen LogP contribution in [0.2, 0.25) is 18.1 Å². The molecule has 1 atom stereocenters. The molecule has 1 aliphatic rings. The standard InChI is InChI=1S/C16H28O3Si/c1-15(2,3)20(6,7)19-12-13-9-8-10-16(4,11-13)14(17)18-5/h8,10-11H,9,12H2,1-7H3. The number of hydrogen-bond donors (Lipinski definition) is 0. The molecule has 0 radical (unpaired) electrons. The summed E-state index contributed by atoms with van der Waals surface area (Å²) in [5.41, 5.74) is 0.504. The average molecular weight is 296 g/mol. The van der Waals surface area contributed by atoms with Crippen LogP contribution in [-0.4, -0.2) is 28.0 Å². The van der Waals surface area contributed by atoms with Gasteiger partial charge >= 0.3 is 5.97 Å². The van der Waals surface area contributed by atoms with E-state index < -0.39 is 13.7 Å². The van der Waals surface area contributed by atoms with Crippen molar-refractivity contribution < 1.29 is 14.0 Å². The second kappa shape index (κ2) is 5.86. The predicted molar refractivity (Wildman–Crippen MR) is 85.1 cm³/mol. The first kappa shape index (κ1) is 17.2. The Labute approximate surface area is 124 Å². The van der Waals surface area contributed by atoms with Crippen molar-refractivity contribution >= 4 is 14.3 Å². The van der Waals surface area contributed by atoms with Crippen molar-refractivity contribution in [2.24, 2.45) is 5.41 Å². The number of hydrogen-bond acceptors (Lipinski definition) is 3. The minimum absolute atomic E-state index is 0.198. The normalized spacial score (nSPS) is 23.4. The Morgan fingerprint density at radius 2 is 2.00 bits per heavy atom. The van der Waals surface area contributed by atoms with Gasteiger partial charge in [0.1, 0.15) is 5.41 Å². The molecule has 1 rings (SSSR count). The Morgan fingerprint density at radius 1 is 1.40 bits per heavy atom. The van der Waals surface area contributed by atoms with Gasteiger partial charge in [-0.3, -0.25) is 4.79 Å². The Bertz CT molecular complexity index is 429. The number of ether oxygens (including phenoxy) is 1. The summed E-state index contributed by atoms with van der Waals surface area (Å²) in [6.07, 6.45) is 6.78. The summed E-state index contributed by atoms with van der Waals surface area (Å²) in [7, 11) is -0.326. The van der Waals surface area contributed by atoms with Crippen LogP contribution < -0.4 is 0 Å². The largest absolute Gasteiger partial charge is 0.468 e. The fourth-order valence-electron chi connectivity index (χ4n) is 1.92. The Balaban J connectivity index is 2.77. The molecule has 0 heterocycles. The molecule has 0 aromatic heterocycles. The van der Waals surface area contributed by atoms with Gasteiger partial charge in [0.15, 0.2) is 8.32 Å². The van der Waals surface area contributed by atoms with Crippen LogP contribution in [0.1, 0.15) is 34.1 Å². The molecule has 0 fully saturated rings. The van der Waals surface area contributed by atoms with Crippen molar-refractivity contribution in [3.63, 3.8) is 0 Å². The molecule has 3 nitrogen and oxygen atoms in total. The van der Waals surface area contributed by atoms with E-state index in [1.807, 2.05) is 25.2 Å². The van der Waals surface area contributed by atoms with Crippen molar-refractivity contribution in [1.29, 1.82) is 0 Å². The average Bonchev–Trinajstić information content (AvgIpc) is 2.34. The van der Waals surface area contributed by atoms with Crippen molar-refractivity contribution in [1.82, 2.24) is 0 Å². The number of methoxy groups -OCH3 is 1. The first-order chi connectivity index (χ1) is 9.02. The van der Waals surface area contributed by atoms with E-state index in [4.69, 9.17) is 9.16 Å². The van der Waals surface area contributed by atoms with Gasteiger partial charge in [-0.05, 0) is 37.0 Å². The summed E-state index contributed by atoms with van der Waals surface area (Å²) in [5, 5.41) is 0.198. The summed E-state index contributed by atoms with van der Waals surface area (Å²) in [4.78, 5) is 11.8. The zero-order valence-electron chi connectivity index (χ0n) is 13.9. The number of esters is 1. The highest BCUT2D eigenvalue weighted by atomic mass is 28.4. The van der Waals surface area contributed by atoms with Gasteiger partial charge in [0.2, 0.25) is 0 Å². The van der Waals surface area contributed by atoms with Crippen LogP contribution >= 0.6 is 0 Å². The van der Waals surface area contributed by atoms with E-state index in [2.05, 4.69) is 33.9 Å². The fraction of sp³-hybridized carbons (Fsp3) is 0.688. The second-order valence-electron chi connectivity index (χ2n) is 7.23. The lowest BCUT2D eigenvalue weighted by atomic mass is 9.83. The molecular formula is C16H28O3Si. The van der Waals surface area contributed by atoms with Gasteiger partial charge in [-0.15, -0.1) is 0 Å². The molecule has 4 heteroatoms. The van der Waals surface area contributed by atoms with Crippen molar-refractivity contribution in [2.45, 2.75) is 52.2 Å². The van der Waals surface area contributed by atoms with Crippen molar-refractivity contribution in [3.8, 4) is 0 Å². The van der Waals surface area contributed by atoms with Crippen LogP contribution in [0.4, 0.5) is 0 Å². The maximum atomic E-state index is 11.8. The van der Waals surface area contributed by atoms with Crippen molar-refractivity contribution in [3.05, 3.63) is 23.8 Å². The lowest BCUT2D eigenvalue weighted by Crippen LogP contribution is -2.41. The van der Waals surface area contributed by atoms with E-state index in [9.17, 15) is 4.79 Å². The monoisotopic (exact) mass is 296 g/mol. The Hall–Kier alpha value is -0.873. The summed E-state index contributed by atoms with van der Waals surface area (Å²) >= 11 is 0. The van der Waals surface area contributed by atoms with Gasteiger partial charge in [0.25, 0.3) is 0 Å². The first-order valence-electron chi connectivity index (χ1n) is 7.12. The number of carbonyl (C=O) groups is 1. The van der Waals surface area contributed by atoms with E-state index in [-0.39, 0.29) is 11.0 Å². The van der Waals surface area contributed by atoms with Crippen LogP contribution in [0.15, 0.2) is 23.8 Å². The van der Waals surface area contributed by atoms with Crippen LogP contribution in [0, 0.1) is 5.41 Å². The molecule has 1 unspecified atom stereocenters. The van der Waals surface area contributed by atoms with Gasteiger partial charge in [-0.25, -0.2) is 0 Å². The van der Waals surface area contributed by atoms with Gasteiger partial charge in [0, 0.05) is 0 Å². The minimum Gasteiger partial charge on any atom is -0.468 e. The Morgan fingerprint density at radius 3 is 2.50 bits per heavy atom. The molecule has 0 aromatic rings. The molecule has 20 heavy (non-hydrogen) atoms. The van der Waals surface area contributed by atoms with E-state index in [0.717, 1.165) is 12.0 Å². The summed E-state index contributed by atoms with van der Waals surface area (Å²) in [6.45, 7) is 13.7. The maximum absolute atomic E-state index is 11.8. The molecular weight excluding hydrogens is 268 g/mol. The van der Waals surface area contributed by atoms with Crippen LogP contribution in [0.25, 0.3) is 0 Å². The molecule has 0 N–H and O–H groups in total. The summed E-state index contributed by atoms with van der Waals surface area (Å²) in [5.74, 6) is -0.224. The highest BCUT2D eigenvalue weighted by Gasteiger charge is 2.38. The second-order valence-corrected chi connectivity index (χ2v) is 12.0. The molecule has 1 aliphatic carbocycles. The van der Waals surface area contributed by atoms with E-state index in [1.54, 1.807) is 0 Å². The van der Waals surface area contributed by atoms with Gasteiger partial charge < -0.3 is 9.16 Å². The maximum Gasteiger partial charge on any atom is 0.319 e. The highest BCUT2D eigenvalue weighted by Crippen LogP contribution is 2.37. The molecule has 0 aliphatic heterocycles. The lowest BCUT2D eigenvalue weighted by molar-refractivity contribution is -0.146.